The molecule has 0 aliphatic carbocycles. The first-order valence-electron chi connectivity index (χ1n) is 8.59. The van der Waals surface area contributed by atoms with Gasteiger partial charge in [-0.25, -0.2) is 5.43 Å². The highest BCUT2D eigenvalue weighted by Crippen LogP contribution is 2.37. The first-order valence-corrected chi connectivity index (χ1v) is 9.47. The molecule has 29 heavy (non-hydrogen) atoms. The predicted molar refractivity (Wildman–Crippen MR) is 109 cm³/mol. The molecule has 2 aromatic carbocycles. The van der Waals surface area contributed by atoms with Crippen LogP contribution in [0.15, 0.2) is 52.9 Å². The molecule has 4 rings (SSSR count). The van der Waals surface area contributed by atoms with E-state index in [1.165, 1.54) is 29.7 Å². The Bertz CT molecular complexity index is 1120. The van der Waals surface area contributed by atoms with E-state index in [1.807, 2.05) is 37.3 Å². The van der Waals surface area contributed by atoms with E-state index in [-0.39, 0.29) is 18.0 Å². The zero-order chi connectivity index (χ0) is 20.4. The zero-order valence-corrected chi connectivity index (χ0v) is 16.1. The normalized spacial score (nSPS) is 12.3. The summed E-state index contributed by atoms with van der Waals surface area (Å²) in [5.74, 6) is 0.301. The molecule has 8 nitrogen and oxygen atoms in total. The number of nitro benzene ring substituents is 1. The molecule has 3 aromatic rings. The van der Waals surface area contributed by atoms with Gasteiger partial charge in [0.2, 0.25) is 6.79 Å². The van der Waals surface area contributed by atoms with Crippen molar-refractivity contribution >= 4 is 29.1 Å². The zero-order valence-electron chi connectivity index (χ0n) is 15.2. The van der Waals surface area contributed by atoms with E-state index in [0.29, 0.717) is 17.1 Å². The lowest BCUT2D eigenvalue weighted by Gasteiger charge is -2.05. The molecule has 0 saturated heterocycles. The van der Waals surface area contributed by atoms with E-state index in [2.05, 4.69) is 10.5 Å². The number of carbonyl (C=O) groups excluding carboxylic acids is 1. The highest BCUT2D eigenvalue weighted by molar-refractivity contribution is 7.10. The van der Waals surface area contributed by atoms with Crippen LogP contribution in [0.5, 0.6) is 11.5 Å². The van der Waals surface area contributed by atoms with Gasteiger partial charge in [-0.3, -0.25) is 14.9 Å². The Balaban J connectivity index is 1.57. The van der Waals surface area contributed by atoms with Gasteiger partial charge in [-0.15, -0.1) is 11.3 Å². The summed E-state index contributed by atoms with van der Waals surface area (Å²) in [6.07, 6.45) is 1.22. The molecule has 0 radical (unpaired) electrons. The van der Waals surface area contributed by atoms with E-state index < -0.39 is 10.8 Å². The van der Waals surface area contributed by atoms with Crippen molar-refractivity contribution in [3.05, 3.63) is 74.0 Å². The molecule has 0 fully saturated rings. The maximum absolute atomic E-state index is 12.7. The second-order valence-corrected chi connectivity index (χ2v) is 7.25. The molecule has 1 N–H and O–H groups in total. The average Bonchev–Trinajstić information content (AvgIpc) is 3.33. The van der Waals surface area contributed by atoms with Crippen molar-refractivity contribution in [2.24, 2.45) is 5.10 Å². The molecule has 0 spiro atoms. The van der Waals surface area contributed by atoms with Crippen LogP contribution in [-0.2, 0) is 0 Å². The lowest BCUT2D eigenvalue weighted by atomic mass is 10.0. The third kappa shape index (κ3) is 3.67. The first-order chi connectivity index (χ1) is 14.0. The van der Waals surface area contributed by atoms with Gasteiger partial charge in [0, 0.05) is 15.8 Å². The van der Waals surface area contributed by atoms with Crippen LogP contribution in [-0.4, -0.2) is 23.8 Å². The summed E-state index contributed by atoms with van der Waals surface area (Å²) in [5.41, 5.74) is 4.73. The number of rotatable bonds is 5. The molecular formula is C20H15N3O5S. The topological polar surface area (TPSA) is 103 Å². The molecule has 0 bridgehead atoms. The van der Waals surface area contributed by atoms with Crippen LogP contribution in [0.25, 0.3) is 11.1 Å². The number of carbonyl (C=O) groups is 1. The Morgan fingerprint density at radius 3 is 2.69 bits per heavy atom. The van der Waals surface area contributed by atoms with Crippen LogP contribution in [0.3, 0.4) is 0 Å². The Kier molecular flexibility index (Phi) is 4.96. The number of nitro groups is 1. The van der Waals surface area contributed by atoms with Gasteiger partial charge in [0.05, 0.1) is 28.3 Å². The number of hydrogen-bond acceptors (Lipinski definition) is 7. The van der Waals surface area contributed by atoms with Crippen molar-refractivity contribution in [3.63, 3.8) is 0 Å². The average molecular weight is 409 g/mol. The van der Waals surface area contributed by atoms with Crippen molar-refractivity contribution < 1.29 is 19.2 Å². The lowest BCUT2D eigenvalue weighted by molar-refractivity contribution is -0.385. The van der Waals surface area contributed by atoms with Gasteiger partial charge >= 0.3 is 0 Å². The van der Waals surface area contributed by atoms with E-state index >= 15 is 0 Å². The molecule has 0 saturated carbocycles. The number of nitrogens with one attached hydrogen (secondary N) is 1. The third-order valence-corrected chi connectivity index (χ3v) is 5.28. The van der Waals surface area contributed by atoms with Gasteiger partial charge in [0.25, 0.3) is 11.6 Å². The summed E-state index contributed by atoms with van der Waals surface area (Å²) in [6.45, 7) is 1.95. The summed E-state index contributed by atoms with van der Waals surface area (Å²) < 4.78 is 10.4. The Morgan fingerprint density at radius 2 is 1.97 bits per heavy atom. The number of thiophene rings is 1. The highest BCUT2D eigenvalue weighted by Gasteiger charge is 2.23. The maximum atomic E-state index is 12.7. The fourth-order valence-electron chi connectivity index (χ4n) is 3.01. The van der Waals surface area contributed by atoms with Gasteiger partial charge in [-0.1, -0.05) is 30.3 Å². The fourth-order valence-corrected chi connectivity index (χ4v) is 3.88. The molecule has 2 heterocycles. The van der Waals surface area contributed by atoms with Crippen LogP contribution in [0, 0.1) is 17.0 Å². The fraction of sp³-hybridized carbons (Fsp3) is 0.100. The first kappa shape index (κ1) is 18.6. The molecule has 1 amide bonds. The van der Waals surface area contributed by atoms with Crippen LogP contribution in [0.2, 0.25) is 0 Å². The van der Waals surface area contributed by atoms with Crippen molar-refractivity contribution in [2.45, 2.75) is 6.92 Å². The molecule has 1 aliphatic rings. The van der Waals surface area contributed by atoms with Crippen LogP contribution in [0.1, 0.15) is 20.8 Å². The van der Waals surface area contributed by atoms with Gasteiger partial charge in [-0.05, 0) is 18.6 Å². The summed E-state index contributed by atoms with van der Waals surface area (Å²) in [7, 11) is 0. The minimum absolute atomic E-state index is 0.00356. The van der Waals surface area contributed by atoms with Crippen LogP contribution in [0.4, 0.5) is 5.69 Å². The maximum Gasteiger partial charge on any atom is 0.282 e. The molecule has 1 aliphatic heterocycles. The van der Waals surface area contributed by atoms with E-state index in [0.717, 1.165) is 16.0 Å². The van der Waals surface area contributed by atoms with Crippen molar-refractivity contribution in [1.29, 1.82) is 0 Å². The molecule has 0 unspecified atom stereocenters. The second-order valence-electron chi connectivity index (χ2n) is 6.17. The largest absolute Gasteiger partial charge is 0.454 e. The number of fused-ring (bicyclic) bond motifs is 1. The van der Waals surface area contributed by atoms with Gasteiger partial charge in [-0.2, -0.15) is 5.10 Å². The Hall–Kier alpha value is -3.72. The minimum atomic E-state index is -0.541. The van der Waals surface area contributed by atoms with E-state index in [1.54, 1.807) is 5.38 Å². The highest BCUT2D eigenvalue weighted by atomic mass is 32.1. The molecule has 1 aromatic heterocycles. The standard InChI is InChI=1S/C20H15N3O5S/c1-12-19(13-5-3-2-4-6-13)15(10-29-12)20(24)22-21-9-14-7-17-18(28-11-27-17)8-16(14)23(25)26/h2-10H,11H2,1H3,(H,22,24)/b21-9-. The monoisotopic (exact) mass is 409 g/mol. The third-order valence-electron chi connectivity index (χ3n) is 4.37. The molecule has 9 heteroatoms. The molecular weight excluding hydrogens is 394 g/mol. The van der Waals surface area contributed by atoms with Gasteiger partial charge < -0.3 is 9.47 Å². The predicted octanol–water partition coefficient (Wildman–Crippen LogP) is 4.12. The van der Waals surface area contributed by atoms with Crippen molar-refractivity contribution in [3.8, 4) is 22.6 Å². The van der Waals surface area contributed by atoms with E-state index in [9.17, 15) is 14.9 Å². The van der Waals surface area contributed by atoms with Crippen LogP contribution < -0.4 is 14.9 Å². The summed E-state index contributed by atoms with van der Waals surface area (Å²) in [4.78, 5) is 24.4. The lowest BCUT2D eigenvalue weighted by Crippen LogP contribution is -2.18. The summed E-state index contributed by atoms with van der Waals surface area (Å²) in [6, 6.07) is 12.3. The number of benzene rings is 2. The smallest absolute Gasteiger partial charge is 0.282 e. The number of aryl methyl sites for hydroxylation is 1. The molecule has 146 valence electrons. The van der Waals surface area contributed by atoms with Gasteiger partial charge in [0.15, 0.2) is 11.5 Å². The van der Waals surface area contributed by atoms with Crippen LogP contribution >= 0.6 is 11.3 Å². The number of nitrogens with zero attached hydrogens (tertiary/aromatic N) is 2. The number of hydrogen-bond donors (Lipinski definition) is 1. The number of ether oxygens (including phenoxy) is 2. The van der Waals surface area contributed by atoms with E-state index in [4.69, 9.17) is 9.47 Å². The Morgan fingerprint density at radius 1 is 1.24 bits per heavy atom. The van der Waals surface area contributed by atoms with Crippen molar-refractivity contribution in [2.75, 3.05) is 6.79 Å². The summed E-state index contributed by atoms with van der Waals surface area (Å²) in [5, 5.41) is 17.0. The minimum Gasteiger partial charge on any atom is -0.454 e. The Labute approximate surface area is 169 Å². The van der Waals surface area contributed by atoms with Gasteiger partial charge in [0.1, 0.15) is 0 Å². The quantitative estimate of drug-likeness (QED) is 0.388. The summed E-state index contributed by atoms with van der Waals surface area (Å²) >= 11 is 1.47. The second kappa shape index (κ2) is 7.72. The number of hydrazone groups is 1. The molecule has 0 atom stereocenters. The van der Waals surface area contributed by atoms with Crippen molar-refractivity contribution in [1.82, 2.24) is 5.43 Å². The SMILES string of the molecule is Cc1scc(C(=O)N/N=C\c2cc3c(cc2[N+](=O)[O-])OCO3)c1-c1ccccc1. The number of amides is 1.